The van der Waals surface area contributed by atoms with Crippen LogP contribution in [0.2, 0.25) is 0 Å². The molecule has 0 aromatic heterocycles. The van der Waals surface area contributed by atoms with Gasteiger partial charge in [-0.15, -0.1) is 0 Å². The van der Waals surface area contributed by atoms with Gasteiger partial charge >= 0.3 is 0 Å². The highest BCUT2D eigenvalue weighted by Gasteiger charge is 2.33. The minimum Gasteiger partial charge on any atom is -0.353 e. The van der Waals surface area contributed by atoms with E-state index < -0.39 is 0 Å². The Balaban J connectivity index is 2.40. The van der Waals surface area contributed by atoms with E-state index in [2.05, 4.69) is 5.32 Å². The second-order valence-electron chi connectivity index (χ2n) is 2.31. The molecule has 2 heteroatoms. The Bertz CT molecular complexity index is 111. The van der Waals surface area contributed by atoms with Gasteiger partial charge in [0.25, 0.3) is 0 Å². The molecule has 1 heterocycles. The topological polar surface area (TPSA) is 29.1 Å². The second kappa shape index (κ2) is 1.77. The van der Waals surface area contributed by atoms with Crippen molar-refractivity contribution >= 4 is 5.91 Å². The molecule has 1 saturated heterocycles. The Morgan fingerprint density at radius 3 is 2.50 bits per heavy atom. The van der Waals surface area contributed by atoms with Crippen molar-refractivity contribution in [2.45, 2.75) is 26.3 Å². The van der Waals surface area contributed by atoms with Crippen LogP contribution >= 0.6 is 0 Å². The predicted octanol–water partition coefficient (Wildman–Crippen LogP) is 0.531. The van der Waals surface area contributed by atoms with Gasteiger partial charge in [0.15, 0.2) is 0 Å². The maximum Gasteiger partial charge on any atom is 0.225 e. The Labute approximate surface area is 49.3 Å². The number of nitrogens with one attached hydrogen (secondary N) is 1. The Kier molecular flexibility index (Phi) is 1.24. The molecule has 46 valence electrons. The van der Waals surface area contributed by atoms with Gasteiger partial charge in [-0.05, 0) is 13.3 Å². The summed E-state index contributed by atoms with van der Waals surface area (Å²) < 4.78 is 0. The van der Waals surface area contributed by atoms with Crippen LogP contribution in [0.5, 0.6) is 0 Å². The standard InChI is InChI=1S/C6H11NO/c1-3-5-4(2)7-6(5)8/h4-5H,3H2,1-2H3,(H,7,8)/t4-,5-/m0/s1. The maximum atomic E-state index is 10.6. The predicted molar refractivity (Wildman–Crippen MR) is 31.4 cm³/mol. The van der Waals surface area contributed by atoms with Crippen LogP contribution in [-0.2, 0) is 4.79 Å². The number of β-lactam (4-membered cyclic amide) rings is 1. The minimum absolute atomic E-state index is 0.222. The summed E-state index contributed by atoms with van der Waals surface area (Å²) in [6.45, 7) is 4.08. The first-order valence-corrected chi connectivity index (χ1v) is 3.06. The second-order valence-corrected chi connectivity index (χ2v) is 2.31. The number of hydrogen-bond donors (Lipinski definition) is 1. The van der Waals surface area contributed by atoms with Crippen molar-refractivity contribution in [1.29, 1.82) is 0 Å². The van der Waals surface area contributed by atoms with Gasteiger partial charge in [0.1, 0.15) is 0 Å². The van der Waals surface area contributed by atoms with E-state index in [1.165, 1.54) is 0 Å². The van der Waals surface area contributed by atoms with Crippen LogP contribution < -0.4 is 5.32 Å². The number of carbonyl (C=O) groups is 1. The van der Waals surface area contributed by atoms with Crippen LogP contribution in [0.4, 0.5) is 0 Å². The minimum atomic E-state index is 0.222. The highest BCUT2D eigenvalue weighted by molar-refractivity contribution is 5.85. The molecular formula is C6H11NO. The van der Waals surface area contributed by atoms with Crippen molar-refractivity contribution in [3.8, 4) is 0 Å². The molecule has 2 nitrogen and oxygen atoms in total. The molecule has 1 fully saturated rings. The fourth-order valence-electron chi connectivity index (χ4n) is 1.10. The van der Waals surface area contributed by atoms with E-state index >= 15 is 0 Å². The van der Waals surface area contributed by atoms with E-state index in [1.54, 1.807) is 0 Å². The Morgan fingerprint density at radius 1 is 1.75 bits per heavy atom. The summed E-state index contributed by atoms with van der Waals surface area (Å²) in [6.07, 6.45) is 0.979. The average Bonchev–Trinajstić information content (AvgIpc) is 1.67. The smallest absolute Gasteiger partial charge is 0.225 e. The van der Waals surface area contributed by atoms with E-state index in [9.17, 15) is 4.79 Å². The molecule has 0 aliphatic carbocycles. The first-order chi connectivity index (χ1) is 3.75. The van der Waals surface area contributed by atoms with Gasteiger partial charge in [0, 0.05) is 6.04 Å². The first-order valence-electron chi connectivity index (χ1n) is 3.06. The quantitative estimate of drug-likeness (QED) is 0.494. The molecule has 1 N–H and O–H groups in total. The lowest BCUT2D eigenvalue weighted by Crippen LogP contribution is -2.55. The summed E-state index contributed by atoms with van der Waals surface area (Å²) in [4.78, 5) is 10.6. The van der Waals surface area contributed by atoms with Gasteiger partial charge in [0.2, 0.25) is 5.91 Å². The summed E-state index contributed by atoms with van der Waals surface area (Å²) in [6, 6.07) is 0.424. The van der Waals surface area contributed by atoms with Crippen LogP contribution in [-0.4, -0.2) is 11.9 Å². The lowest BCUT2D eigenvalue weighted by atomic mass is 9.90. The van der Waals surface area contributed by atoms with Crippen molar-refractivity contribution in [3.05, 3.63) is 0 Å². The highest BCUT2D eigenvalue weighted by Crippen LogP contribution is 2.16. The van der Waals surface area contributed by atoms with Gasteiger partial charge in [-0.2, -0.15) is 0 Å². The summed E-state index contributed by atoms with van der Waals surface area (Å²) in [5.41, 5.74) is 0. The third-order valence-corrected chi connectivity index (χ3v) is 1.75. The molecule has 8 heavy (non-hydrogen) atoms. The van der Waals surface area contributed by atoms with Crippen LogP contribution in [0.15, 0.2) is 0 Å². The summed E-state index contributed by atoms with van der Waals surface area (Å²) in [7, 11) is 0. The molecule has 0 saturated carbocycles. The largest absolute Gasteiger partial charge is 0.353 e. The number of carbonyl (C=O) groups excluding carboxylic acids is 1. The molecule has 0 aromatic rings. The van der Waals surface area contributed by atoms with Crippen LogP contribution in [0, 0.1) is 5.92 Å². The van der Waals surface area contributed by atoms with Crippen molar-refractivity contribution in [2.75, 3.05) is 0 Å². The van der Waals surface area contributed by atoms with Gasteiger partial charge in [0.05, 0.1) is 5.92 Å². The molecule has 0 radical (unpaired) electrons. The zero-order chi connectivity index (χ0) is 6.15. The fraction of sp³-hybridized carbons (Fsp3) is 0.833. The number of amides is 1. The molecular weight excluding hydrogens is 102 g/mol. The monoisotopic (exact) mass is 113 g/mol. The summed E-state index contributed by atoms with van der Waals surface area (Å²) in [5, 5.41) is 2.77. The molecule has 0 unspecified atom stereocenters. The molecule has 1 aliphatic rings. The van der Waals surface area contributed by atoms with Crippen molar-refractivity contribution < 1.29 is 4.79 Å². The van der Waals surface area contributed by atoms with Crippen molar-refractivity contribution in [2.24, 2.45) is 5.92 Å². The zero-order valence-corrected chi connectivity index (χ0v) is 5.27. The lowest BCUT2D eigenvalue weighted by molar-refractivity contribution is -0.134. The van der Waals surface area contributed by atoms with Gasteiger partial charge in [-0.3, -0.25) is 4.79 Å². The first kappa shape index (κ1) is 5.60. The SMILES string of the molecule is CC[C@@H]1C(=O)N[C@H]1C. The Hall–Kier alpha value is -0.530. The maximum absolute atomic E-state index is 10.6. The summed E-state index contributed by atoms with van der Waals surface area (Å²) >= 11 is 0. The van der Waals surface area contributed by atoms with E-state index in [0.717, 1.165) is 6.42 Å². The fourth-order valence-corrected chi connectivity index (χ4v) is 1.10. The Morgan fingerprint density at radius 2 is 2.38 bits per heavy atom. The van der Waals surface area contributed by atoms with Crippen LogP contribution in [0.25, 0.3) is 0 Å². The van der Waals surface area contributed by atoms with Crippen molar-refractivity contribution in [3.63, 3.8) is 0 Å². The number of hydrogen-bond acceptors (Lipinski definition) is 1. The highest BCUT2D eigenvalue weighted by atomic mass is 16.2. The number of rotatable bonds is 1. The average molecular weight is 113 g/mol. The van der Waals surface area contributed by atoms with Crippen LogP contribution in [0.1, 0.15) is 20.3 Å². The molecule has 1 amide bonds. The van der Waals surface area contributed by atoms with Gasteiger partial charge in [-0.25, -0.2) is 0 Å². The molecule has 1 rings (SSSR count). The van der Waals surface area contributed by atoms with E-state index in [0.29, 0.717) is 12.0 Å². The van der Waals surface area contributed by atoms with Gasteiger partial charge < -0.3 is 5.32 Å². The molecule has 0 bridgehead atoms. The van der Waals surface area contributed by atoms with Gasteiger partial charge in [-0.1, -0.05) is 6.92 Å². The third-order valence-electron chi connectivity index (χ3n) is 1.75. The van der Waals surface area contributed by atoms with Crippen LogP contribution in [0.3, 0.4) is 0 Å². The van der Waals surface area contributed by atoms with E-state index in [1.807, 2.05) is 13.8 Å². The zero-order valence-electron chi connectivity index (χ0n) is 5.27. The van der Waals surface area contributed by atoms with E-state index in [4.69, 9.17) is 0 Å². The lowest BCUT2D eigenvalue weighted by Gasteiger charge is -2.33. The molecule has 0 spiro atoms. The molecule has 1 aliphatic heterocycles. The van der Waals surface area contributed by atoms with Crippen molar-refractivity contribution in [1.82, 2.24) is 5.32 Å². The normalized spacial score (nSPS) is 36.0. The molecule has 0 aromatic carbocycles. The van der Waals surface area contributed by atoms with E-state index in [-0.39, 0.29) is 5.91 Å². The molecule has 2 atom stereocenters. The summed E-state index contributed by atoms with van der Waals surface area (Å²) in [5.74, 6) is 0.523. The third kappa shape index (κ3) is 0.602.